The molecule has 0 aromatic carbocycles. The Hall–Kier alpha value is -1.08. The van der Waals surface area contributed by atoms with Gasteiger partial charge in [0.15, 0.2) is 0 Å². The average molecular weight is 329 g/mol. The fraction of sp³-hybridized carbons (Fsp3) is 0.643. The Morgan fingerprint density at radius 3 is 2.76 bits per heavy atom. The fourth-order valence-electron chi connectivity index (χ4n) is 1.75. The van der Waals surface area contributed by atoms with Crippen LogP contribution < -0.4 is 10.6 Å². The maximum atomic E-state index is 12.2. The van der Waals surface area contributed by atoms with Crippen molar-refractivity contribution in [2.45, 2.75) is 39.3 Å². The Kier molecular flexibility index (Phi) is 8.37. The predicted molar refractivity (Wildman–Crippen MR) is 88.3 cm³/mol. The van der Waals surface area contributed by atoms with Crippen LogP contribution in [-0.2, 0) is 16.1 Å². The molecule has 0 aliphatic carbocycles. The van der Waals surface area contributed by atoms with E-state index in [0.717, 1.165) is 11.4 Å². The molecule has 0 bridgehead atoms. The standard InChI is InChI=1S/C14H23N3O2S2/c1-10(2)6-13(18)17-12(4-5-20-3)14(19)15-7-11-8-21-9-16-11/h8-10,12H,4-7H2,1-3H3,(H,15,19)(H,17,18)/t12-/m0/s1. The molecule has 2 amide bonds. The van der Waals surface area contributed by atoms with Crippen LogP contribution in [0.25, 0.3) is 0 Å². The Balaban J connectivity index is 2.50. The number of nitrogens with one attached hydrogen (secondary N) is 2. The van der Waals surface area contributed by atoms with Gasteiger partial charge in [0, 0.05) is 11.8 Å². The number of amides is 2. The van der Waals surface area contributed by atoms with Crippen molar-refractivity contribution in [3.8, 4) is 0 Å². The van der Waals surface area contributed by atoms with Crippen LogP contribution in [-0.4, -0.2) is 34.8 Å². The molecule has 2 N–H and O–H groups in total. The number of aromatic nitrogens is 1. The van der Waals surface area contributed by atoms with E-state index >= 15 is 0 Å². The molecule has 0 radical (unpaired) electrons. The summed E-state index contributed by atoms with van der Waals surface area (Å²) in [6, 6.07) is -0.470. The molecule has 0 saturated heterocycles. The minimum atomic E-state index is -0.470. The number of nitrogens with zero attached hydrogens (tertiary/aromatic N) is 1. The number of carbonyl (C=O) groups excluding carboxylic acids is 2. The van der Waals surface area contributed by atoms with E-state index in [1.54, 1.807) is 17.3 Å². The summed E-state index contributed by atoms with van der Waals surface area (Å²) < 4.78 is 0. The van der Waals surface area contributed by atoms with Gasteiger partial charge >= 0.3 is 0 Å². The number of thiazole rings is 1. The molecule has 0 aliphatic rings. The maximum absolute atomic E-state index is 12.2. The number of hydrogen-bond acceptors (Lipinski definition) is 5. The Morgan fingerprint density at radius 1 is 1.43 bits per heavy atom. The van der Waals surface area contributed by atoms with Gasteiger partial charge in [-0.05, 0) is 24.3 Å². The highest BCUT2D eigenvalue weighted by Crippen LogP contribution is 2.05. The third-order valence-electron chi connectivity index (χ3n) is 2.78. The minimum Gasteiger partial charge on any atom is -0.349 e. The van der Waals surface area contributed by atoms with Gasteiger partial charge in [0.2, 0.25) is 11.8 Å². The monoisotopic (exact) mass is 329 g/mol. The highest BCUT2D eigenvalue weighted by molar-refractivity contribution is 7.98. The first kappa shape index (κ1) is 18.0. The quantitative estimate of drug-likeness (QED) is 0.727. The van der Waals surface area contributed by atoms with Crippen LogP contribution >= 0.6 is 23.1 Å². The van der Waals surface area contributed by atoms with Crippen molar-refractivity contribution in [2.75, 3.05) is 12.0 Å². The van der Waals surface area contributed by atoms with Gasteiger partial charge in [-0.2, -0.15) is 11.8 Å². The summed E-state index contributed by atoms with van der Waals surface area (Å²) in [5.74, 6) is 0.898. The molecule has 1 aromatic rings. The van der Waals surface area contributed by atoms with Crippen molar-refractivity contribution in [2.24, 2.45) is 5.92 Å². The lowest BCUT2D eigenvalue weighted by Crippen LogP contribution is -2.47. The summed E-state index contributed by atoms with van der Waals surface area (Å²) >= 11 is 3.16. The molecule has 0 fully saturated rings. The molecule has 5 nitrogen and oxygen atoms in total. The molecule has 0 unspecified atom stereocenters. The van der Waals surface area contributed by atoms with Crippen LogP contribution in [0.15, 0.2) is 10.9 Å². The van der Waals surface area contributed by atoms with Gasteiger partial charge in [0.1, 0.15) is 6.04 Å². The number of hydrogen-bond donors (Lipinski definition) is 2. The van der Waals surface area contributed by atoms with Gasteiger partial charge in [-0.25, -0.2) is 4.98 Å². The lowest BCUT2D eigenvalue weighted by atomic mass is 10.1. The molecule has 118 valence electrons. The predicted octanol–water partition coefficient (Wildman–Crippen LogP) is 2.04. The second-order valence-electron chi connectivity index (χ2n) is 5.20. The van der Waals surface area contributed by atoms with Crippen molar-refractivity contribution in [3.05, 3.63) is 16.6 Å². The molecule has 21 heavy (non-hydrogen) atoms. The smallest absolute Gasteiger partial charge is 0.242 e. The zero-order valence-electron chi connectivity index (χ0n) is 12.7. The third-order valence-corrected chi connectivity index (χ3v) is 4.06. The number of carbonyl (C=O) groups is 2. The summed E-state index contributed by atoms with van der Waals surface area (Å²) in [7, 11) is 0. The van der Waals surface area contributed by atoms with Crippen molar-refractivity contribution in [1.82, 2.24) is 15.6 Å². The van der Waals surface area contributed by atoms with E-state index in [1.165, 1.54) is 11.3 Å². The van der Waals surface area contributed by atoms with Crippen LogP contribution in [0.5, 0.6) is 0 Å². The first-order valence-corrected chi connectivity index (χ1v) is 9.29. The first-order valence-electron chi connectivity index (χ1n) is 6.96. The first-order chi connectivity index (χ1) is 10.0. The molecule has 1 aromatic heterocycles. The van der Waals surface area contributed by atoms with Crippen LogP contribution in [0.1, 0.15) is 32.4 Å². The van der Waals surface area contributed by atoms with Gasteiger partial charge in [0.05, 0.1) is 17.7 Å². The van der Waals surface area contributed by atoms with Gasteiger partial charge in [0.25, 0.3) is 0 Å². The van der Waals surface area contributed by atoms with Crippen LogP contribution in [0.3, 0.4) is 0 Å². The molecule has 1 rings (SSSR count). The molecular formula is C14H23N3O2S2. The van der Waals surface area contributed by atoms with E-state index in [4.69, 9.17) is 0 Å². The Bertz CT molecular complexity index is 435. The number of thioether (sulfide) groups is 1. The van der Waals surface area contributed by atoms with E-state index in [-0.39, 0.29) is 17.7 Å². The fourth-order valence-corrected chi connectivity index (χ4v) is 2.78. The molecular weight excluding hydrogens is 306 g/mol. The van der Waals surface area contributed by atoms with Crippen LogP contribution in [0.2, 0.25) is 0 Å². The van der Waals surface area contributed by atoms with Crippen LogP contribution in [0.4, 0.5) is 0 Å². The molecule has 7 heteroatoms. The number of rotatable bonds is 9. The summed E-state index contributed by atoms with van der Waals surface area (Å²) in [6.07, 6.45) is 3.06. The Morgan fingerprint density at radius 2 is 2.19 bits per heavy atom. The topological polar surface area (TPSA) is 71.1 Å². The zero-order chi connectivity index (χ0) is 15.7. The molecule has 0 saturated carbocycles. The van der Waals surface area contributed by atoms with Crippen LogP contribution in [0, 0.1) is 5.92 Å². The van der Waals surface area contributed by atoms with E-state index in [1.807, 2.05) is 25.5 Å². The van der Waals surface area contributed by atoms with E-state index < -0.39 is 6.04 Å². The molecule has 1 heterocycles. The van der Waals surface area contributed by atoms with Gasteiger partial charge in [-0.3, -0.25) is 9.59 Å². The lowest BCUT2D eigenvalue weighted by molar-refractivity contribution is -0.129. The lowest BCUT2D eigenvalue weighted by Gasteiger charge is -2.18. The third kappa shape index (κ3) is 7.47. The summed E-state index contributed by atoms with van der Waals surface area (Å²) in [5, 5.41) is 7.56. The van der Waals surface area contributed by atoms with Gasteiger partial charge < -0.3 is 10.6 Å². The summed E-state index contributed by atoms with van der Waals surface area (Å²) in [5.41, 5.74) is 2.57. The molecule has 0 spiro atoms. The van der Waals surface area contributed by atoms with E-state index in [9.17, 15) is 9.59 Å². The second-order valence-corrected chi connectivity index (χ2v) is 6.90. The SMILES string of the molecule is CSCC[C@H](NC(=O)CC(C)C)C(=O)NCc1cscn1. The Labute approximate surface area is 134 Å². The van der Waals surface area contributed by atoms with Crippen molar-refractivity contribution >= 4 is 34.9 Å². The minimum absolute atomic E-state index is 0.0695. The summed E-state index contributed by atoms with van der Waals surface area (Å²) in [4.78, 5) is 28.2. The average Bonchev–Trinajstić information content (AvgIpc) is 2.93. The molecule has 0 aliphatic heterocycles. The summed E-state index contributed by atoms with van der Waals surface area (Å²) in [6.45, 7) is 4.37. The normalized spacial score (nSPS) is 12.2. The van der Waals surface area contributed by atoms with E-state index in [2.05, 4.69) is 15.6 Å². The highest BCUT2D eigenvalue weighted by atomic mass is 32.2. The maximum Gasteiger partial charge on any atom is 0.242 e. The van der Waals surface area contributed by atoms with Gasteiger partial charge in [-0.15, -0.1) is 11.3 Å². The van der Waals surface area contributed by atoms with E-state index in [0.29, 0.717) is 19.4 Å². The van der Waals surface area contributed by atoms with Crippen molar-refractivity contribution < 1.29 is 9.59 Å². The van der Waals surface area contributed by atoms with Crippen molar-refractivity contribution in [1.29, 1.82) is 0 Å². The molecule has 1 atom stereocenters. The highest BCUT2D eigenvalue weighted by Gasteiger charge is 2.20. The largest absolute Gasteiger partial charge is 0.349 e. The van der Waals surface area contributed by atoms with Gasteiger partial charge in [-0.1, -0.05) is 13.8 Å². The van der Waals surface area contributed by atoms with Crippen molar-refractivity contribution in [3.63, 3.8) is 0 Å². The second kappa shape index (κ2) is 9.78. The zero-order valence-corrected chi connectivity index (χ0v) is 14.4.